The standard InChI is InChI=1S/C17H17F5N2O3/c18-10-4-1-5-11(19)12(10)13(17(20,21)22)23-15(27)24-7-9-3-2-6-16(9,8-24)14(25)26/h1,4-5,9,13H,2-3,6-8H2,(H,23,27)(H,25,26)/t9-,13?,16+/m0/s1. The lowest BCUT2D eigenvalue weighted by Crippen LogP contribution is -2.46. The lowest BCUT2D eigenvalue weighted by atomic mass is 9.81. The van der Waals surface area contributed by atoms with Crippen molar-refractivity contribution in [2.24, 2.45) is 11.3 Å². The molecule has 0 radical (unpaired) electrons. The Morgan fingerprint density at radius 1 is 1.26 bits per heavy atom. The SMILES string of the molecule is O=C(NC(c1c(F)cccc1F)C(F)(F)F)N1C[C@@H]2CCC[C@@]2(C(=O)O)C1. The van der Waals surface area contributed by atoms with E-state index < -0.39 is 46.8 Å². The van der Waals surface area contributed by atoms with Gasteiger partial charge in [0.25, 0.3) is 0 Å². The van der Waals surface area contributed by atoms with Gasteiger partial charge in [0, 0.05) is 13.1 Å². The van der Waals surface area contributed by atoms with Crippen LogP contribution in [0, 0.1) is 23.0 Å². The van der Waals surface area contributed by atoms with Gasteiger partial charge >= 0.3 is 18.2 Å². The van der Waals surface area contributed by atoms with Crippen LogP contribution >= 0.6 is 0 Å². The first-order chi connectivity index (χ1) is 12.6. The molecule has 27 heavy (non-hydrogen) atoms. The van der Waals surface area contributed by atoms with Crippen molar-refractivity contribution in [2.75, 3.05) is 13.1 Å². The molecule has 1 aromatic rings. The highest BCUT2D eigenvalue weighted by molar-refractivity contribution is 5.81. The van der Waals surface area contributed by atoms with Crippen molar-refractivity contribution < 1.29 is 36.6 Å². The molecule has 1 heterocycles. The van der Waals surface area contributed by atoms with E-state index in [2.05, 4.69) is 0 Å². The molecule has 2 amide bonds. The summed E-state index contributed by atoms with van der Waals surface area (Å²) in [6.07, 6.45) is -3.58. The van der Waals surface area contributed by atoms with Gasteiger partial charge in [-0.3, -0.25) is 4.79 Å². The number of carbonyl (C=O) groups is 2. The maximum atomic E-state index is 13.8. The Morgan fingerprint density at radius 2 is 1.89 bits per heavy atom. The topological polar surface area (TPSA) is 69.6 Å². The number of carbonyl (C=O) groups excluding carboxylic acids is 1. The summed E-state index contributed by atoms with van der Waals surface area (Å²) in [5.41, 5.74) is -2.47. The van der Waals surface area contributed by atoms with Crippen molar-refractivity contribution in [3.63, 3.8) is 0 Å². The number of alkyl halides is 3. The van der Waals surface area contributed by atoms with Crippen molar-refractivity contribution in [3.05, 3.63) is 35.4 Å². The highest BCUT2D eigenvalue weighted by Gasteiger charge is 2.56. The zero-order valence-electron chi connectivity index (χ0n) is 14.0. The molecule has 3 atom stereocenters. The molecular formula is C17H17F5N2O3. The van der Waals surface area contributed by atoms with E-state index in [9.17, 15) is 36.6 Å². The molecule has 1 unspecified atom stereocenters. The quantitative estimate of drug-likeness (QED) is 0.774. The summed E-state index contributed by atoms with van der Waals surface area (Å²) in [5.74, 6) is -4.31. The summed E-state index contributed by atoms with van der Waals surface area (Å²) >= 11 is 0. The minimum absolute atomic E-state index is 0.0114. The van der Waals surface area contributed by atoms with E-state index in [-0.39, 0.29) is 19.0 Å². The van der Waals surface area contributed by atoms with Crippen LogP contribution in [0.1, 0.15) is 30.9 Å². The van der Waals surface area contributed by atoms with E-state index in [1.165, 1.54) is 0 Å². The van der Waals surface area contributed by atoms with Crippen LogP contribution in [0.25, 0.3) is 0 Å². The summed E-state index contributed by atoms with van der Waals surface area (Å²) in [5, 5.41) is 11.1. The van der Waals surface area contributed by atoms with Crippen molar-refractivity contribution in [2.45, 2.75) is 31.5 Å². The van der Waals surface area contributed by atoms with E-state index >= 15 is 0 Å². The van der Waals surface area contributed by atoms with Crippen LogP contribution in [0.15, 0.2) is 18.2 Å². The van der Waals surface area contributed by atoms with Crippen molar-refractivity contribution in [1.82, 2.24) is 10.2 Å². The van der Waals surface area contributed by atoms with Gasteiger partial charge in [0.05, 0.1) is 11.0 Å². The fourth-order valence-corrected chi connectivity index (χ4v) is 4.11. The van der Waals surface area contributed by atoms with Crippen LogP contribution in [0.2, 0.25) is 0 Å². The Balaban J connectivity index is 1.84. The van der Waals surface area contributed by atoms with E-state index in [4.69, 9.17) is 0 Å². The van der Waals surface area contributed by atoms with Crippen LogP contribution in [0.3, 0.4) is 0 Å². The van der Waals surface area contributed by atoms with Crippen LogP contribution < -0.4 is 5.32 Å². The van der Waals surface area contributed by atoms with E-state index in [1.54, 1.807) is 5.32 Å². The largest absolute Gasteiger partial charge is 0.481 e. The molecule has 1 saturated heterocycles. The minimum Gasteiger partial charge on any atom is -0.481 e. The number of halogens is 5. The first-order valence-electron chi connectivity index (χ1n) is 8.36. The second kappa shape index (κ2) is 6.65. The fraction of sp³-hybridized carbons (Fsp3) is 0.529. The molecule has 0 aromatic heterocycles. The number of amides is 2. The summed E-state index contributed by atoms with van der Waals surface area (Å²) in [4.78, 5) is 25.0. The molecule has 1 saturated carbocycles. The first-order valence-corrected chi connectivity index (χ1v) is 8.36. The molecule has 148 valence electrons. The van der Waals surface area contributed by atoms with Crippen LogP contribution in [-0.4, -0.2) is 41.3 Å². The molecule has 5 nitrogen and oxygen atoms in total. The molecule has 0 spiro atoms. The number of carboxylic acid groups (broad SMARTS) is 1. The Morgan fingerprint density at radius 3 is 2.41 bits per heavy atom. The monoisotopic (exact) mass is 392 g/mol. The van der Waals surface area contributed by atoms with Gasteiger partial charge in [0.1, 0.15) is 11.6 Å². The van der Waals surface area contributed by atoms with Crippen LogP contribution in [0.4, 0.5) is 26.7 Å². The number of hydrogen-bond acceptors (Lipinski definition) is 2. The minimum atomic E-state index is -5.14. The summed E-state index contributed by atoms with van der Waals surface area (Å²) in [7, 11) is 0. The second-order valence-corrected chi connectivity index (χ2v) is 6.99. The fourth-order valence-electron chi connectivity index (χ4n) is 4.11. The van der Waals surface area contributed by atoms with E-state index in [0.29, 0.717) is 31.4 Å². The Labute approximate surface area is 151 Å². The molecule has 3 rings (SSSR count). The molecule has 2 aliphatic rings. The van der Waals surface area contributed by atoms with Gasteiger partial charge < -0.3 is 15.3 Å². The van der Waals surface area contributed by atoms with Crippen LogP contribution in [0.5, 0.6) is 0 Å². The predicted octanol–water partition coefficient (Wildman–Crippen LogP) is 3.46. The van der Waals surface area contributed by atoms with Gasteiger partial charge in [-0.25, -0.2) is 13.6 Å². The normalized spacial score (nSPS) is 26.0. The zero-order chi connectivity index (χ0) is 20.0. The lowest BCUT2D eigenvalue weighted by molar-refractivity contribution is -0.157. The smallest absolute Gasteiger partial charge is 0.413 e. The Hall–Kier alpha value is -2.39. The summed E-state index contributed by atoms with van der Waals surface area (Å²) < 4.78 is 67.8. The van der Waals surface area contributed by atoms with Gasteiger partial charge in [0.15, 0.2) is 6.04 Å². The van der Waals surface area contributed by atoms with Gasteiger partial charge in [-0.2, -0.15) is 13.2 Å². The van der Waals surface area contributed by atoms with Crippen LogP contribution in [-0.2, 0) is 4.79 Å². The average molecular weight is 392 g/mol. The molecule has 1 aromatic carbocycles. The zero-order valence-corrected chi connectivity index (χ0v) is 14.0. The van der Waals surface area contributed by atoms with Gasteiger partial charge in [-0.1, -0.05) is 12.5 Å². The number of nitrogens with zero attached hydrogens (tertiary/aromatic N) is 1. The number of benzene rings is 1. The number of fused-ring (bicyclic) bond motifs is 1. The third kappa shape index (κ3) is 3.32. The highest BCUT2D eigenvalue weighted by atomic mass is 19.4. The highest BCUT2D eigenvalue weighted by Crippen LogP contribution is 2.49. The maximum absolute atomic E-state index is 13.8. The number of carboxylic acids is 1. The third-order valence-electron chi connectivity index (χ3n) is 5.47. The number of hydrogen-bond donors (Lipinski definition) is 2. The Kier molecular flexibility index (Phi) is 4.77. The Bertz CT molecular complexity index is 749. The molecule has 2 fully saturated rings. The summed E-state index contributed by atoms with van der Waals surface area (Å²) in [6, 6.07) is -1.82. The van der Waals surface area contributed by atoms with Gasteiger partial charge in [-0.05, 0) is 30.9 Å². The third-order valence-corrected chi connectivity index (χ3v) is 5.47. The number of aliphatic carboxylic acids is 1. The molecule has 2 N–H and O–H groups in total. The van der Waals surface area contributed by atoms with Crippen molar-refractivity contribution >= 4 is 12.0 Å². The number of rotatable bonds is 3. The number of likely N-dealkylation sites (tertiary alicyclic amines) is 1. The molecular weight excluding hydrogens is 375 g/mol. The van der Waals surface area contributed by atoms with Gasteiger partial charge in [0.2, 0.25) is 0 Å². The lowest BCUT2D eigenvalue weighted by Gasteiger charge is -2.27. The molecule has 1 aliphatic heterocycles. The number of nitrogens with one attached hydrogen (secondary N) is 1. The predicted molar refractivity (Wildman–Crippen MR) is 82.7 cm³/mol. The molecule has 0 bridgehead atoms. The van der Waals surface area contributed by atoms with Gasteiger partial charge in [-0.15, -0.1) is 0 Å². The maximum Gasteiger partial charge on any atom is 0.413 e. The van der Waals surface area contributed by atoms with Crippen molar-refractivity contribution in [1.29, 1.82) is 0 Å². The molecule has 1 aliphatic carbocycles. The van der Waals surface area contributed by atoms with Crippen molar-refractivity contribution in [3.8, 4) is 0 Å². The van der Waals surface area contributed by atoms with E-state index in [1.807, 2.05) is 0 Å². The first kappa shape index (κ1) is 19.4. The molecule has 10 heteroatoms. The van der Waals surface area contributed by atoms with E-state index in [0.717, 1.165) is 11.0 Å². The number of urea groups is 1. The second-order valence-electron chi connectivity index (χ2n) is 6.99. The average Bonchev–Trinajstić information content (AvgIpc) is 3.10. The summed E-state index contributed by atoms with van der Waals surface area (Å²) in [6.45, 7) is -0.244.